The molecule has 0 heterocycles. The fourth-order valence-electron chi connectivity index (χ4n) is 4.80. The van der Waals surface area contributed by atoms with E-state index in [2.05, 4.69) is 10.6 Å². The number of carbonyl (C=O) groups excluding carboxylic acids is 2. The van der Waals surface area contributed by atoms with E-state index in [-0.39, 0.29) is 21.6 Å². The quantitative estimate of drug-likeness (QED) is 0.177. The summed E-state index contributed by atoms with van der Waals surface area (Å²) in [6.07, 6.45) is 1.10. The van der Waals surface area contributed by atoms with Gasteiger partial charge in [0, 0.05) is 12.5 Å². The summed E-state index contributed by atoms with van der Waals surface area (Å²) in [5.41, 5.74) is 2.38. The van der Waals surface area contributed by atoms with Gasteiger partial charge in [0.05, 0.1) is 12.1 Å². The van der Waals surface area contributed by atoms with Crippen LogP contribution in [-0.2, 0) is 30.8 Å². The highest BCUT2D eigenvalue weighted by atomic mass is 32.2. The van der Waals surface area contributed by atoms with E-state index in [1.54, 1.807) is 20.8 Å². The van der Waals surface area contributed by atoms with E-state index in [1.807, 2.05) is 54.6 Å². The third kappa shape index (κ3) is 9.22. The second-order valence-electron chi connectivity index (χ2n) is 11.7. The number of rotatable bonds is 14. The average molecular weight is 624 g/mol. The zero-order valence-corrected chi connectivity index (χ0v) is 26.3. The van der Waals surface area contributed by atoms with Crippen LogP contribution >= 0.6 is 0 Å². The van der Waals surface area contributed by atoms with E-state index in [4.69, 9.17) is 0 Å². The van der Waals surface area contributed by atoms with Crippen LogP contribution in [-0.4, -0.2) is 53.6 Å². The van der Waals surface area contributed by atoms with Gasteiger partial charge in [-0.3, -0.25) is 19.6 Å². The minimum Gasteiger partial charge on any atom is -0.481 e. The Balaban J connectivity index is 1.71. The number of carboxylic acids is 1. The number of carboxylic acid groups (broad SMARTS) is 1. The monoisotopic (exact) mass is 623 g/mol. The molecule has 2 unspecified atom stereocenters. The number of hydrogen-bond donors (Lipinski definition) is 4. The number of amides is 2. The number of aliphatic carboxylic acids is 1. The zero-order chi connectivity index (χ0) is 32.5. The molecule has 10 nitrogen and oxygen atoms in total. The second-order valence-corrected chi connectivity index (χ2v) is 13.5. The molecular weight excluding hydrogens is 582 g/mol. The Labute approximate surface area is 259 Å². The van der Waals surface area contributed by atoms with Crippen molar-refractivity contribution < 1.29 is 33.1 Å². The molecule has 3 rings (SSSR count). The Kier molecular flexibility index (Phi) is 11.8. The average Bonchev–Trinajstić information content (AvgIpc) is 2.98. The molecule has 2 atom stereocenters. The number of nitrogens with zero attached hydrogens (tertiary/aromatic N) is 1. The highest BCUT2D eigenvalue weighted by Gasteiger charge is 2.36. The third-order valence-electron chi connectivity index (χ3n) is 7.26. The molecule has 11 heteroatoms. The van der Waals surface area contributed by atoms with Crippen LogP contribution in [0.2, 0.25) is 0 Å². The maximum absolute atomic E-state index is 13.5. The van der Waals surface area contributed by atoms with Gasteiger partial charge >= 0.3 is 5.97 Å². The number of sulfonamides is 1. The maximum Gasteiger partial charge on any atom is 0.304 e. The largest absolute Gasteiger partial charge is 0.481 e. The van der Waals surface area contributed by atoms with Crippen LogP contribution in [0, 0.1) is 11.3 Å². The van der Waals surface area contributed by atoms with Crippen molar-refractivity contribution in [3.63, 3.8) is 0 Å². The predicted molar refractivity (Wildman–Crippen MR) is 168 cm³/mol. The molecule has 0 fully saturated rings. The minimum absolute atomic E-state index is 0.0612. The molecule has 3 aromatic rings. The molecule has 0 radical (unpaired) electrons. The lowest BCUT2D eigenvalue weighted by Gasteiger charge is -2.32. The van der Waals surface area contributed by atoms with Gasteiger partial charge in [-0.05, 0) is 60.4 Å². The summed E-state index contributed by atoms with van der Waals surface area (Å²) in [7, 11) is -4.30. The first-order valence-electron chi connectivity index (χ1n) is 14.5. The first-order chi connectivity index (χ1) is 20.7. The SMILES string of the molecule is CCN(O)S(=O)(=O)c1ccccc1NC(=O)C(NC(=O)C(CCCc1ccc(-c2ccccc2)cc1)CC(=O)O)C(C)(C)C. The molecule has 0 spiro atoms. The molecule has 0 bridgehead atoms. The predicted octanol–water partition coefficient (Wildman–Crippen LogP) is 5.34. The molecular formula is C33H41N3O7S. The second kappa shape index (κ2) is 15.1. The van der Waals surface area contributed by atoms with Gasteiger partial charge in [0.25, 0.3) is 10.0 Å². The summed E-state index contributed by atoms with van der Waals surface area (Å²) in [6.45, 7) is 6.46. The molecule has 0 aliphatic heterocycles. The molecule has 4 N–H and O–H groups in total. The standard InChI is InChI=1S/C33H41N3O7S/c1-5-36(41)44(42,43)28-17-10-9-16-27(28)34-32(40)30(33(2,3)4)35-31(39)26(22-29(37)38)15-11-12-23-18-20-25(21-19-23)24-13-7-6-8-14-24/h6-10,13-14,16-21,26,30,41H,5,11-12,15,22H2,1-4H3,(H,34,40)(H,35,39)(H,37,38). The number of hydrogen-bond acceptors (Lipinski definition) is 6. The summed E-state index contributed by atoms with van der Waals surface area (Å²) < 4.78 is 25.7. The van der Waals surface area contributed by atoms with Gasteiger partial charge in [0.2, 0.25) is 11.8 Å². The lowest BCUT2D eigenvalue weighted by Crippen LogP contribution is -2.53. The fraction of sp³-hybridized carbons (Fsp3) is 0.364. The normalized spacial score (nSPS) is 13.2. The van der Waals surface area contributed by atoms with Crippen molar-refractivity contribution in [3.8, 4) is 11.1 Å². The van der Waals surface area contributed by atoms with Crippen LogP contribution < -0.4 is 10.6 Å². The lowest BCUT2D eigenvalue weighted by molar-refractivity contribution is -0.141. The Bertz CT molecular complexity index is 1540. The highest BCUT2D eigenvalue weighted by molar-refractivity contribution is 7.89. The number of aryl methyl sites for hydroxylation is 1. The molecule has 0 aliphatic rings. The first kappa shape index (κ1) is 34.4. The number of para-hydroxylation sites is 1. The number of hydroxylamine groups is 1. The number of carbonyl (C=O) groups is 3. The molecule has 0 aromatic heterocycles. The fourth-order valence-corrected chi connectivity index (χ4v) is 6.02. The lowest BCUT2D eigenvalue weighted by atomic mass is 9.85. The van der Waals surface area contributed by atoms with Gasteiger partial charge < -0.3 is 15.7 Å². The zero-order valence-electron chi connectivity index (χ0n) is 25.5. The van der Waals surface area contributed by atoms with Crippen LogP contribution in [0.3, 0.4) is 0 Å². The molecule has 0 saturated heterocycles. The molecule has 0 saturated carbocycles. The number of anilines is 1. The maximum atomic E-state index is 13.5. The van der Waals surface area contributed by atoms with E-state index < -0.39 is 51.6 Å². The Morgan fingerprint density at radius 2 is 1.45 bits per heavy atom. The van der Waals surface area contributed by atoms with Gasteiger partial charge in [-0.15, -0.1) is 0 Å². The van der Waals surface area contributed by atoms with Crippen LogP contribution in [0.1, 0.15) is 52.5 Å². The van der Waals surface area contributed by atoms with Crippen molar-refractivity contribution in [2.45, 2.75) is 64.3 Å². The molecule has 2 amide bonds. The Hall–Kier alpha value is -4.06. The van der Waals surface area contributed by atoms with Crippen molar-refractivity contribution in [1.82, 2.24) is 9.79 Å². The van der Waals surface area contributed by atoms with Gasteiger partial charge in [0.1, 0.15) is 10.9 Å². The van der Waals surface area contributed by atoms with Crippen molar-refractivity contribution in [1.29, 1.82) is 0 Å². The van der Waals surface area contributed by atoms with Gasteiger partial charge in [-0.1, -0.05) is 92.0 Å². The van der Waals surface area contributed by atoms with Crippen LogP contribution in [0.15, 0.2) is 83.8 Å². The summed E-state index contributed by atoms with van der Waals surface area (Å²) in [5.74, 6) is -3.26. The van der Waals surface area contributed by atoms with E-state index in [0.29, 0.717) is 19.3 Å². The van der Waals surface area contributed by atoms with Crippen molar-refractivity contribution in [2.75, 3.05) is 11.9 Å². The summed E-state index contributed by atoms with van der Waals surface area (Å²) in [6, 6.07) is 22.6. The molecule has 44 heavy (non-hydrogen) atoms. The summed E-state index contributed by atoms with van der Waals surface area (Å²) in [5, 5.41) is 24.7. The molecule has 0 aliphatic carbocycles. The molecule has 236 valence electrons. The van der Waals surface area contributed by atoms with E-state index >= 15 is 0 Å². The highest BCUT2D eigenvalue weighted by Crippen LogP contribution is 2.27. The third-order valence-corrected chi connectivity index (χ3v) is 8.98. The first-order valence-corrected chi connectivity index (χ1v) is 16.0. The van der Waals surface area contributed by atoms with E-state index in [0.717, 1.165) is 16.7 Å². The van der Waals surface area contributed by atoms with Crippen LogP contribution in [0.4, 0.5) is 5.69 Å². The number of benzene rings is 3. The Morgan fingerprint density at radius 1 is 0.864 bits per heavy atom. The van der Waals surface area contributed by atoms with Crippen molar-refractivity contribution in [2.24, 2.45) is 11.3 Å². The smallest absolute Gasteiger partial charge is 0.304 e. The Morgan fingerprint density at radius 3 is 2.05 bits per heavy atom. The van der Waals surface area contributed by atoms with Crippen molar-refractivity contribution in [3.05, 3.63) is 84.4 Å². The van der Waals surface area contributed by atoms with Gasteiger partial charge in [0.15, 0.2) is 0 Å². The number of nitrogens with one attached hydrogen (secondary N) is 2. The topological polar surface area (TPSA) is 153 Å². The summed E-state index contributed by atoms with van der Waals surface area (Å²) >= 11 is 0. The van der Waals surface area contributed by atoms with E-state index in [1.165, 1.54) is 31.2 Å². The molecule has 3 aromatic carbocycles. The van der Waals surface area contributed by atoms with Crippen LogP contribution in [0.5, 0.6) is 0 Å². The van der Waals surface area contributed by atoms with Crippen LogP contribution in [0.25, 0.3) is 11.1 Å². The minimum atomic E-state index is -4.30. The van der Waals surface area contributed by atoms with E-state index in [9.17, 15) is 33.1 Å². The van der Waals surface area contributed by atoms with Crippen molar-refractivity contribution >= 4 is 33.5 Å². The van der Waals surface area contributed by atoms with Gasteiger partial charge in [-0.2, -0.15) is 0 Å². The van der Waals surface area contributed by atoms with Gasteiger partial charge in [-0.25, -0.2) is 8.42 Å². The summed E-state index contributed by atoms with van der Waals surface area (Å²) in [4.78, 5) is 38.2.